The van der Waals surface area contributed by atoms with Crippen molar-refractivity contribution < 1.29 is 19.8 Å². The van der Waals surface area contributed by atoms with Gasteiger partial charge in [-0.2, -0.15) is 0 Å². The Kier molecular flexibility index (Phi) is 15.7. The molecule has 0 bridgehead atoms. The zero-order valence-electron chi connectivity index (χ0n) is 15.5. The Balaban J connectivity index is 3.44. The third-order valence-electron chi connectivity index (χ3n) is 3.99. The Morgan fingerprint density at radius 1 is 0.720 bits per heavy atom. The molecule has 0 heterocycles. The molecule has 4 heteroatoms. The SMILES string of the molecule is CC/C=C/C/C=C/C/C=C/CCCCCCCCC(C(=O)O)C(=O)O. The topological polar surface area (TPSA) is 74.6 Å². The third-order valence-corrected chi connectivity index (χ3v) is 3.99. The minimum Gasteiger partial charge on any atom is -0.481 e. The summed E-state index contributed by atoms with van der Waals surface area (Å²) in [4.78, 5) is 21.5. The average Bonchev–Trinajstić information content (AvgIpc) is 2.57. The summed E-state index contributed by atoms with van der Waals surface area (Å²) in [6.45, 7) is 2.14. The van der Waals surface area contributed by atoms with Crippen LogP contribution in [0.2, 0.25) is 0 Å². The molecule has 0 aliphatic rings. The average molecular weight is 350 g/mol. The Hall–Kier alpha value is -1.84. The number of unbranched alkanes of at least 4 members (excludes halogenated alkanes) is 6. The van der Waals surface area contributed by atoms with Crippen LogP contribution in [-0.4, -0.2) is 22.2 Å². The maximum atomic E-state index is 10.7. The quantitative estimate of drug-likeness (QED) is 0.211. The molecule has 0 fully saturated rings. The second-order valence-corrected chi connectivity index (χ2v) is 6.22. The fourth-order valence-electron chi connectivity index (χ4n) is 2.50. The molecule has 0 aromatic rings. The Morgan fingerprint density at radius 2 is 1.20 bits per heavy atom. The number of rotatable bonds is 16. The molecule has 142 valence electrons. The maximum absolute atomic E-state index is 10.7. The summed E-state index contributed by atoms with van der Waals surface area (Å²) in [6, 6.07) is 0. The van der Waals surface area contributed by atoms with Crippen LogP contribution in [0.25, 0.3) is 0 Å². The van der Waals surface area contributed by atoms with Gasteiger partial charge in [0.1, 0.15) is 0 Å². The van der Waals surface area contributed by atoms with E-state index in [9.17, 15) is 9.59 Å². The van der Waals surface area contributed by atoms with Crippen molar-refractivity contribution in [2.24, 2.45) is 5.92 Å². The molecule has 0 amide bonds. The van der Waals surface area contributed by atoms with E-state index in [2.05, 4.69) is 43.4 Å². The van der Waals surface area contributed by atoms with E-state index in [1.807, 2.05) is 0 Å². The Bertz CT molecular complexity index is 421. The summed E-state index contributed by atoms with van der Waals surface area (Å²) >= 11 is 0. The van der Waals surface area contributed by atoms with Gasteiger partial charge in [0.2, 0.25) is 0 Å². The lowest BCUT2D eigenvalue weighted by Crippen LogP contribution is -2.23. The molecule has 0 aromatic heterocycles. The minimum absolute atomic E-state index is 0.231. The van der Waals surface area contributed by atoms with Crippen molar-refractivity contribution in [3.63, 3.8) is 0 Å². The standard InChI is InChI=1S/C21H34O4/c1-2-3-4-5-6-7-8-9-10-11-12-13-14-15-16-17-18-19(20(22)23)21(24)25/h3-4,6-7,9-10,19H,2,5,8,11-18H2,1H3,(H,22,23)(H,24,25)/b4-3+,7-6+,10-9+. The van der Waals surface area contributed by atoms with Gasteiger partial charge >= 0.3 is 11.9 Å². The molecule has 0 saturated carbocycles. The van der Waals surface area contributed by atoms with Gasteiger partial charge in [-0.05, 0) is 38.5 Å². The van der Waals surface area contributed by atoms with Crippen molar-refractivity contribution in [1.82, 2.24) is 0 Å². The van der Waals surface area contributed by atoms with Gasteiger partial charge in [0.15, 0.2) is 5.92 Å². The van der Waals surface area contributed by atoms with Crippen LogP contribution in [0.4, 0.5) is 0 Å². The van der Waals surface area contributed by atoms with Crippen molar-refractivity contribution in [2.75, 3.05) is 0 Å². The molecule has 0 aliphatic carbocycles. The third kappa shape index (κ3) is 15.4. The second kappa shape index (κ2) is 17.0. The number of carbonyl (C=O) groups is 2. The van der Waals surface area contributed by atoms with E-state index in [0.717, 1.165) is 44.9 Å². The summed E-state index contributed by atoms with van der Waals surface area (Å²) in [6.07, 6.45) is 23.7. The highest BCUT2D eigenvalue weighted by molar-refractivity contribution is 5.92. The molecule has 0 aliphatic heterocycles. The zero-order valence-corrected chi connectivity index (χ0v) is 15.5. The highest BCUT2D eigenvalue weighted by Crippen LogP contribution is 2.13. The molecule has 0 spiro atoms. The van der Waals surface area contributed by atoms with Crippen LogP contribution >= 0.6 is 0 Å². The number of carboxylic acids is 2. The molecule has 0 rings (SSSR count). The highest BCUT2D eigenvalue weighted by atomic mass is 16.4. The van der Waals surface area contributed by atoms with Crippen LogP contribution in [0, 0.1) is 5.92 Å². The number of carboxylic acid groups (broad SMARTS) is 2. The van der Waals surface area contributed by atoms with Crippen molar-refractivity contribution in [3.8, 4) is 0 Å². The largest absolute Gasteiger partial charge is 0.481 e. The van der Waals surface area contributed by atoms with Crippen molar-refractivity contribution in [1.29, 1.82) is 0 Å². The predicted octanol–water partition coefficient (Wildman–Crippen LogP) is 5.75. The van der Waals surface area contributed by atoms with Gasteiger partial charge in [0, 0.05) is 0 Å². The molecule has 25 heavy (non-hydrogen) atoms. The predicted molar refractivity (Wildman–Crippen MR) is 103 cm³/mol. The maximum Gasteiger partial charge on any atom is 0.317 e. The molecule has 0 unspecified atom stereocenters. The Labute approximate surface area is 152 Å². The van der Waals surface area contributed by atoms with E-state index in [4.69, 9.17) is 10.2 Å². The summed E-state index contributed by atoms with van der Waals surface area (Å²) < 4.78 is 0. The van der Waals surface area contributed by atoms with Gasteiger partial charge in [-0.25, -0.2) is 0 Å². The number of aliphatic carboxylic acids is 2. The normalized spacial score (nSPS) is 12.1. The summed E-state index contributed by atoms with van der Waals surface area (Å²) in [5.74, 6) is -3.71. The number of hydrogen-bond donors (Lipinski definition) is 2. The summed E-state index contributed by atoms with van der Waals surface area (Å²) in [5, 5.41) is 17.5. The lowest BCUT2D eigenvalue weighted by molar-refractivity contribution is -0.154. The number of hydrogen-bond acceptors (Lipinski definition) is 2. The highest BCUT2D eigenvalue weighted by Gasteiger charge is 2.24. The fraction of sp³-hybridized carbons (Fsp3) is 0.619. The van der Waals surface area contributed by atoms with Crippen molar-refractivity contribution in [3.05, 3.63) is 36.5 Å². The number of allylic oxidation sites excluding steroid dienone is 6. The molecule has 0 aromatic carbocycles. The summed E-state index contributed by atoms with van der Waals surface area (Å²) in [7, 11) is 0. The van der Waals surface area contributed by atoms with Gasteiger partial charge in [-0.1, -0.05) is 75.5 Å². The molecule has 2 N–H and O–H groups in total. The van der Waals surface area contributed by atoms with Crippen LogP contribution in [0.15, 0.2) is 36.5 Å². The van der Waals surface area contributed by atoms with Crippen LogP contribution < -0.4 is 0 Å². The first kappa shape index (κ1) is 23.2. The first-order valence-electron chi connectivity index (χ1n) is 9.50. The van der Waals surface area contributed by atoms with Gasteiger partial charge in [0.25, 0.3) is 0 Å². The van der Waals surface area contributed by atoms with E-state index < -0.39 is 17.9 Å². The monoisotopic (exact) mass is 350 g/mol. The van der Waals surface area contributed by atoms with Crippen LogP contribution in [-0.2, 0) is 9.59 Å². The van der Waals surface area contributed by atoms with Gasteiger partial charge in [-0.15, -0.1) is 0 Å². The summed E-state index contributed by atoms with van der Waals surface area (Å²) in [5.41, 5.74) is 0. The van der Waals surface area contributed by atoms with E-state index >= 15 is 0 Å². The molecule has 4 nitrogen and oxygen atoms in total. The minimum atomic E-state index is -1.25. The second-order valence-electron chi connectivity index (χ2n) is 6.22. The fourth-order valence-corrected chi connectivity index (χ4v) is 2.50. The molecule has 0 radical (unpaired) electrons. The molecule has 0 atom stereocenters. The lowest BCUT2D eigenvalue weighted by Gasteiger charge is -2.06. The first-order valence-corrected chi connectivity index (χ1v) is 9.50. The zero-order chi connectivity index (χ0) is 18.8. The smallest absolute Gasteiger partial charge is 0.317 e. The van der Waals surface area contributed by atoms with Crippen LogP contribution in [0.1, 0.15) is 77.6 Å². The van der Waals surface area contributed by atoms with E-state index in [0.29, 0.717) is 6.42 Å². The van der Waals surface area contributed by atoms with E-state index in [-0.39, 0.29) is 6.42 Å². The van der Waals surface area contributed by atoms with Crippen molar-refractivity contribution >= 4 is 11.9 Å². The van der Waals surface area contributed by atoms with Crippen LogP contribution in [0.5, 0.6) is 0 Å². The first-order chi connectivity index (χ1) is 12.1. The van der Waals surface area contributed by atoms with Gasteiger partial charge in [0.05, 0.1) is 0 Å². The van der Waals surface area contributed by atoms with E-state index in [1.165, 1.54) is 12.8 Å². The lowest BCUT2D eigenvalue weighted by atomic mass is 10.0. The molecule has 0 saturated heterocycles. The Morgan fingerprint density at radius 3 is 1.76 bits per heavy atom. The van der Waals surface area contributed by atoms with Crippen molar-refractivity contribution in [2.45, 2.75) is 77.6 Å². The molecular weight excluding hydrogens is 316 g/mol. The van der Waals surface area contributed by atoms with Gasteiger partial charge in [-0.3, -0.25) is 9.59 Å². The van der Waals surface area contributed by atoms with Gasteiger partial charge < -0.3 is 10.2 Å². The molecular formula is C21H34O4. The van der Waals surface area contributed by atoms with E-state index in [1.54, 1.807) is 0 Å². The van der Waals surface area contributed by atoms with Crippen LogP contribution in [0.3, 0.4) is 0 Å².